The molecule has 84 valence electrons. The van der Waals surface area contributed by atoms with E-state index in [1.54, 1.807) is 12.1 Å². The summed E-state index contributed by atoms with van der Waals surface area (Å²) in [5, 5.41) is 1.83. The number of amides is 1. The minimum absolute atomic E-state index is 0.231. The Labute approximate surface area is 84.3 Å². The molecule has 0 aliphatic rings. The van der Waals surface area contributed by atoms with E-state index in [9.17, 15) is 18.0 Å². The monoisotopic (exact) mass is 221 g/mol. The molecular formula is C9H10F3NO2. The minimum Gasteiger partial charge on any atom is -0.469 e. The van der Waals surface area contributed by atoms with E-state index >= 15 is 0 Å². The molecular weight excluding hydrogens is 211 g/mol. The zero-order valence-electron chi connectivity index (χ0n) is 7.97. The molecule has 0 bridgehead atoms. The van der Waals surface area contributed by atoms with Crippen molar-refractivity contribution in [1.82, 2.24) is 5.32 Å². The highest BCUT2D eigenvalue weighted by atomic mass is 19.4. The lowest BCUT2D eigenvalue weighted by Crippen LogP contribution is -2.42. The van der Waals surface area contributed by atoms with Gasteiger partial charge in [-0.1, -0.05) is 0 Å². The van der Waals surface area contributed by atoms with Crippen LogP contribution in [0.2, 0.25) is 0 Å². The Hall–Kier alpha value is -1.46. The number of rotatable bonds is 3. The third kappa shape index (κ3) is 3.65. The van der Waals surface area contributed by atoms with E-state index in [2.05, 4.69) is 0 Å². The Morgan fingerprint density at radius 1 is 1.60 bits per heavy atom. The number of furan rings is 1. The van der Waals surface area contributed by atoms with Crippen LogP contribution in [-0.2, 0) is 11.2 Å². The van der Waals surface area contributed by atoms with Crippen molar-refractivity contribution in [2.75, 3.05) is 0 Å². The highest BCUT2D eigenvalue weighted by Crippen LogP contribution is 2.15. The molecule has 0 aromatic carbocycles. The van der Waals surface area contributed by atoms with E-state index in [1.165, 1.54) is 13.2 Å². The second-order valence-electron chi connectivity index (χ2n) is 3.16. The molecule has 0 aliphatic carbocycles. The van der Waals surface area contributed by atoms with Crippen LogP contribution in [0, 0.1) is 0 Å². The molecule has 1 atom stereocenters. The summed E-state index contributed by atoms with van der Waals surface area (Å²) in [4.78, 5) is 10.5. The fourth-order valence-corrected chi connectivity index (χ4v) is 1.09. The van der Waals surface area contributed by atoms with Crippen molar-refractivity contribution in [2.24, 2.45) is 0 Å². The van der Waals surface area contributed by atoms with Crippen LogP contribution in [0.5, 0.6) is 0 Å². The number of carbonyl (C=O) groups is 1. The molecule has 1 N–H and O–H groups in total. The molecule has 1 aromatic heterocycles. The van der Waals surface area contributed by atoms with Crippen LogP contribution >= 0.6 is 0 Å². The predicted molar refractivity (Wildman–Crippen MR) is 46.1 cm³/mol. The Morgan fingerprint density at radius 2 is 2.27 bits per heavy atom. The smallest absolute Gasteiger partial charge is 0.469 e. The van der Waals surface area contributed by atoms with Gasteiger partial charge in [0.25, 0.3) is 0 Å². The molecule has 0 aliphatic heterocycles. The van der Waals surface area contributed by atoms with Gasteiger partial charge in [0, 0.05) is 12.5 Å². The third-order valence-corrected chi connectivity index (χ3v) is 1.72. The van der Waals surface area contributed by atoms with Gasteiger partial charge in [0.05, 0.1) is 6.26 Å². The summed E-state index contributed by atoms with van der Waals surface area (Å²) in [6, 6.07) is 2.65. The molecule has 1 unspecified atom stereocenters. The molecule has 15 heavy (non-hydrogen) atoms. The van der Waals surface area contributed by atoms with Gasteiger partial charge in [-0.05, 0) is 19.1 Å². The number of alkyl halides is 3. The first kappa shape index (κ1) is 11.6. The molecule has 0 radical (unpaired) electrons. The van der Waals surface area contributed by atoms with Gasteiger partial charge in [-0.25, -0.2) is 0 Å². The summed E-state index contributed by atoms with van der Waals surface area (Å²) in [7, 11) is 0. The van der Waals surface area contributed by atoms with Crippen molar-refractivity contribution in [2.45, 2.75) is 25.6 Å². The number of hydrogen-bond acceptors (Lipinski definition) is 2. The highest BCUT2D eigenvalue weighted by molar-refractivity contribution is 5.81. The Morgan fingerprint density at radius 3 is 2.73 bits per heavy atom. The van der Waals surface area contributed by atoms with Crippen LogP contribution < -0.4 is 5.32 Å². The molecule has 6 heteroatoms. The van der Waals surface area contributed by atoms with E-state index in [1.807, 2.05) is 5.32 Å². The van der Waals surface area contributed by atoms with Crippen molar-refractivity contribution in [1.29, 1.82) is 0 Å². The topological polar surface area (TPSA) is 42.2 Å². The predicted octanol–water partition coefficient (Wildman–Crippen LogP) is 1.89. The number of carbonyl (C=O) groups excluding carboxylic acids is 1. The largest absolute Gasteiger partial charge is 0.471 e. The molecule has 1 amide bonds. The molecule has 0 fully saturated rings. The summed E-state index contributed by atoms with van der Waals surface area (Å²) >= 11 is 0. The Balaban J connectivity index is 2.43. The number of nitrogens with one attached hydrogen (secondary N) is 1. The maximum atomic E-state index is 11.9. The van der Waals surface area contributed by atoms with Crippen molar-refractivity contribution >= 4 is 5.91 Å². The molecule has 3 nitrogen and oxygen atoms in total. The van der Waals surface area contributed by atoms with Crippen molar-refractivity contribution in [3.05, 3.63) is 24.2 Å². The van der Waals surface area contributed by atoms with Gasteiger partial charge < -0.3 is 9.73 Å². The van der Waals surface area contributed by atoms with E-state index in [0.717, 1.165) is 0 Å². The number of hydrogen-bond donors (Lipinski definition) is 1. The second kappa shape index (κ2) is 4.37. The van der Waals surface area contributed by atoms with Gasteiger partial charge >= 0.3 is 12.1 Å². The van der Waals surface area contributed by atoms with Crippen molar-refractivity contribution in [3.8, 4) is 0 Å². The molecule has 1 rings (SSSR count). The highest BCUT2D eigenvalue weighted by Gasteiger charge is 2.39. The first-order valence-electron chi connectivity index (χ1n) is 4.29. The fraction of sp³-hybridized carbons (Fsp3) is 0.444. The summed E-state index contributed by atoms with van der Waals surface area (Å²) in [5.74, 6) is -1.40. The van der Waals surface area contributed by atoms with E-state index in [-0.39, 0.29) is 6.42 Å². The number of halogens is 3. The van der Waals surface area contributed by atoms with Gasteiger partial charge in [-0.2, -0.15) is 13.2 Å². The Bertz CT molecular complexity index is 319. The first-order chi connectivity index (χ1) is 6.89. The summed E-state index contributed by atoms with van der Waals surface area (Å²) in [6.45, 7) is 1.48. The normalized spacial score (nSPS) is 13.6. The van der Waals surface area contributed by atoms with Gasteiger partial charge in [0.15, 0.2) is 0 Å². The second-order valence-corrected chi connectivity index (χ2v) is 3.16. The average Bonchev–Trinajstić information content (AvgIpc) is 2.54. The van der Waals surface area contributed by atoms with Gasteiger partial charge in [0.1, 0.15) is 5.76 Å². The fourth-order valence-electron chi connectivity index (χ4n) is 1.09. The standard InChI is InChI=1S/C9H10F3NO2/c1-6(5-7-3-2-4-15-7)13-8(14)9(10,11)12/h2-4,6H,5H2,1H3,(H,13,14). The van der Waals surface area contributed by atoms with Gasteiger partial charge in [-0.15, -0.1) is 0 Å². The van der Waals surface area contributed by atoms with Crippen LogP contribution in [0.15, 0.2) is 22.8 Å². The lowest BCUT2D eigenvalue weighted by Gasteiger charge is -2.13. The molecule has 0 saturated carbocycles. The van der Waals surface area contributed by atoms with Crippen molar-refractivity contribution < 1.29 is 22.4 Å². The molecule has 1 aromatic rings. The Kier molecular flexibility index (Phi) is 3.39. The summed E-state index contributed by atoms with van der Waals surface area (Å²) in [5.41, 5.74) is 0. The molecule has 1 heterocycles. The maximum absolute atomic E-state index is 11.9. The summed E-state index contributed by atoms with van der Waals surface area (Å²) in [6.07, 6.45) is -3.18. The van der Waals surface area contributed by atoms with Crippen LogP contribution in [0.4, 0.5) is 13.2 Å². The lowest BCUT2D eigenvalue weighted by molar-refractivity contribution is -0.174. The van der Waals surface area contributed by atoms with E-state index < -0.39 is 18.1 Å². The molecule has 0 spiro atoms. The van der Waals surface area contributed by atoms with E-state index in [0.29, 0.717) is 5.76 Å². The van der Waals surface area contributed by atoms with Gasteiger partial charge in [0.2, 0.25) is 0 Å². The zero-order valence-corrected chi connectivity index (χ0v) is 7.97. The molecule has 0 saturated heterocycles. The van der Waals surface area contributed by atoms with Crippen LogP contribution in [0.3, 0.4) is 0 Å². The van der Waals surface area contributed by atoms with E-state index in [4.69, 9.17) is 4.42 Å². The van der Waals surface area contributed by atoms with Crippen LogP contribution in [-0.4, -0.2) is 18.1 Å². The SMILES string of the molecule is CC(Cc1ccco1)NC(=O)C(F)(F)F. The third-order valence-electron chi connectivity index (χ3n) is 1.72. The zero-order chi connectivity index (χ0) is 11.5. The maximum Gasteiger partial charge on any atom is 0.471 e. The summed E-state index contributed by atoms with van der Waals surface area (Å²) < 4.78 is 40.5. The first-order valence-corrected chi connectivity index (χ1v) is 4.29. The van der Waals surface area contributed by atoms with Crippen molar-refractivity contribution in [3.63, 3.8) is 0 Å². The van der Waals surface area contributed by atoms with Gasteiger partial charge in [-0.3, -0.25) is 4.79 Å². The average molecular weight is 221 g/mol. The van der Waals surface area contributed by atoms with Crippen LogP contribution in [0.1, 0.15) is 12.7 Å². The van der Waals surface area contributed by atoms with Crippen LogP contribution in [0.25, 0.3) is 0 Å². The quantitative estimate of drug-likeness (QED) is 0.846. The minimum atomic E-state index is -4.84. The lowest BCUT2D eigenvalue weighted by atomic mass is 10.2.